The van der Waals surface area contributed by atoms with E-state index >= 15 is 0 Å². The molecule has 0 spiro atoms. The van der Waals surface area contributed by atoms with Gasteiger partial charge in [-0.15, -0.1) is 0 Å². The molecule has 2 N–H and O–H groups in total. The number of amides is 1. The molecule has 1 saturated carbocycles. The van der Waals surface area contributed by atoms with Crippen molar-refractivity contribution < 1.29 is 18.0 Å². The van der Waals surface area contributed by atoms with E-state index in [9.17, 15) is 22.8 Å². The molecular formula is C33H43F3N4O2. The van der Waals surface area contributed by atoms with Gasteiger partial charge in [-0.25, -0.2) is 0 Å². The molecule has 0 bridgehead atoms. The minimum Gasteiger partial charge on any atom is -0.369 e. The normalized spacial score (nSPS) is 19.4. The van der Waals surface area contributed by atoms with Gasteiger partial charge in [0.15, 0.2) is 0 Å². The molecule has 2 aliphatic carbocycles. The van der Waals surface area contributed by atoms with E-state index in [2.05, 4.69) is 41.1 Å². The zero-order valence-electron chi connectivity index (χ0n) is 25.5. The molecule has 1 heterocycles. The molecular weight excluding hydrogens is 541 g/mol. The lowest BCUT2D eigenvalue weighted by Gasteiger charge is -2.40. The minimum absolute atomic E-state index is 0.0751. The molecule has 0 aliphatic heterocycles. The summed E-state index contributed by atoms with van der Waals surface area (Å²) in [6, 6.07) is 6.55. The van der Waals surface area contributed by atoms with Crippen molar-refractivity contribution in [1.29, 1.82) is 0 Å². The number of aryl methyl sites for hydroxylation is 2. The lowest BCUT2D eigenvalue weighted by Crippen LogP contribution is -2.42. The minimum atomic E-state index is -4.35. The monoisotopic (exact) mass is 584 g/mol. The van der Waals surface area contributed by atoms with Crippen molar-refractivity contribution in [3.63, 3.8) is 0 Å². The van der Waals surface area contributed by atoms with Crippen LogP contribution in [0, 0.1) is 20.8 Å². The second kappa shape index (κ2) is 12.9. The molecule has 0 saturated heterocycles. The van der Waals surface area contributed by atoms with Crippen molar-refractivity contribution in [3.8, 4) is 0 Å². The molecule has 228 valence electrons. The Labute approximate surface area is 246 Å². The van der Waals surface area contributed by atoms with E-state index in [-0.39, 0.29) is 30.9 Å². The van der Waals surface area contributed by atoms with Gasteiger partial charge in [0, 0.05) is 53.3 Å². The van der Waals surface area contributed by atoms with Crippen LogP contribution in [0.15, 0.2) is 40.7 Å². The third kappa shape index (κ3) is 7.00. The first-order valence-corrected chi connectivity index (χ1v) is 14.8. The summed E-state index contributed by atoms with van der Waals surface area (Å²) < 4.78 is 39.9. The van der Waals surface area contributed by atoms with Crippen LogP contribution in [0.25, 0.3) is 5.57 Å². The molecule has 1 aromatic heterocycles. The largest absolute Gasteiger partial charge is 0.412 e. The third-order valence-electron chi connectivity index (χ3n) is 8.92. The molecule has 1 fully saturated rings. The zero-order chi connectivity index (χ0) is 30.8. The first-order valence-electron chi connectivity index (χ1n) is 14.8. The number of hydrogen-bond donors (Lipinski definition) is 2. The number of nitrogens with one attached hydrogen (secondary N) is 2. The number of halogens is 3. The number of H-pyrrole nitrogens is 1. The smallest absolute Gasteiger partial charge is 0.369 e. The summed E-state index contributed by atoms with van der Waals surface area (Å²) in [5, 5.41) is 2.93. The van der Waals surface area contributed by atoms with Crippen LogP contribution in [0.1, 0.15) is 83.8 Å². The van der Waals surface area contributed by atoms with E-state index < -0.39 is 11.7 Å². The molecule has 0 radical (unpaired) electrons. The van der Waals surface area contributed by atoms with E-state index in [0.717, 1.165) is 71.9 Å². The Hall–Kier alpha value is -3.33. The van der Waals surface area contributed by atoms with Gasteiger partial charge >= 0.3 is 6.18 Å². The van der Waals surface area contributed by atoms with Crippen LogP contribution in [-0.4, -0.2) is 54.7 Å². The van der Waals surface area contributed by atoms with Gasteiger partial charge in [-0.1, -0.05) is 12.2 Å². The van der Waals surface area contributed by atoms with Crippen molar-refractivity contribution in [2.45, 2.75) is 91.0 Å². The van der Waals surface area contributed by atoms with Crippen molar-refractivity contribution in [2.24, 2.45) is 0 Å². The number of nitrogens with zero attached hydrogens (tertiary/aromatic N) is 2. The van der Waals surface area contributed by atoms with Gasteiger partial charge in [-0.3, -0.25) is 9.59 Å². The Bertz CT molecular complexity index is 1430. The molecule has 42 heavy (non-hydrogen) atoms. The van der Waals surface area contributed by atoms with Gasteiger partial charge < -0.3 is 20.1 Å². The van der Waals surface area contributed by atoms with Crippen molar-refractivity contribution in [3.05, 3.63) is 79.8 Å². The maximum atomic E-state index is 13.7. The Balaban J connectivity index is 1.71. The summed E-state index contributed by atoms with van der Waals surface area (Å²) in [6.07, 6.45) is 2.72. The van der Waals surface area contributed by atoms with E-state index in [4.69, 9.17) is 0 Å². The quantitative estimate of drug-likeness (QED) is 0.367. The summed E-state index contributed by atoms with van der Waals surface area (Å²) in [7, 11) is 4.23. The fourth-order valence-corrected chi connectivity index (χ4v) is 6.41. The number of pyridine rings is 1. The highest BCUT2D eigenvalue weighted by atomic mass is 19.4. The Morgan fingerprint density at radius 3 is 2.21 bits per heavy atom. The third-order valence-corrected chi connectivity index (χ3v) is 8.92. The van der Waals surface area contributed by atoms with Crippen molar-refractivity contribution in [1.82, 2.24) is 15.2 Å². The van der Waals surface area contributed by atoms with Gasteiger partial charge in [0.05, 0.1) is 0 Å². The molecule has 2 aliphatic rings. The van der Waals surface area contributed by atoms with E-state index in [1.807, 2.05) is 32.9 Å². The highest BCUT2D eigenvalue weighted by molar-refractivity contribution is 5.98. The molecule has 0 atom stereocenters. The summed E-state index contributed by atoms with van der Waals surface area (Å²) >= 11 is 0. The van der Waals surface area contributed by atoms with Crippen LogP contribution in [0.3, 0.4) is 0 Å². The number of rotatable bonds is 8. The predicted octanol–water partition coefficient (Wildman–Crippen LogP) is 6.60. The molecule has 1 amide bonds. The summed E-state index contributed by atoms with van der Waals surface area (Å²) in [5.74, 6) is -0.315. The van der Waals surface area contributed by atoms with Crippen molar-refractivity contribution >= 4 is 17.2 Å². The molecule has 9 heteroatoms. The van der Waals surface area contributed by atoms with Crippen molar-refractivity contribution in [2.75, 3.05) is 25.5 Å². The topological polar surface area (TPSA) is 68.4 Å². The number of allylic oxidation sites excluding steroid dienone is 4. The first kappa shape index (κ1) is 31.6. The number of hydrogen-bond acceptors (Lipinski definition) is 4. The van der Waals surface area contributed by atoms with Crippen LogP contribution in [0.5, 0.6) is 0 Å². The van der Waals surface area contributed by atoms with E-state index in [0.29, 0.717) is 23.2 Å². The molecule has 2 aromatic rings. The van der Waals surface area contributed by atoms with Crippen LogP contribution in [0.2, 0.25) is 0 Å². The van der Waals surface area contributed by atoms with Crippen LogP contribution in [-0.2, 0) is 6.54 Å². The highest BCUT2D eigenvalue weighted by Gasteiger charge is 2.34. The average Bonchev–Trinajstić information content (AvgIpc) is 2.93. The Morgan fingerprint density at radius 2 is 1.67 bits per heavy atom. The fourth-order valence-electron chi connectivity index (χ4n) is 6.41. The van der Waals surface area contributed by atoms with E-state index in [1.54, 1.807) is 6.07 Å². The Kier molecular flexibility index (Phi) is 9.70. The van der Waals surface area contributed by atoms with Gasteiger partial charge in [0.1, 0.15) is 0 Å². The number of alkyl halides is 3. The number of carbonyl (C=O) groups is 1. The highest BCUT2D eigenvalue weighted by Crippen LogP contribution is 2.39. The number of carbonyl (C=O) groups excluding carboxylic acids is 1. The molecule has 4 rings (SSSR count). The predicted molar refractivity (Wildman–Crippen MR) is 163 cm³/mol. The zero-order valence-corrected chi connectivity index (χ0v) is 25.5. The van der Waals surface area contributed by atoms with Crippen LogP contribution in [0.4, 0.5) is 18.9 Å². The maximum Gasteiger partial charge on any atom is 0.412 e. The van der Waals surface area contributed by atoms with Gasteiger partial charge in [-0.05, 0) is 121 Å². The van der Waals surface area contributed by atoms with Gasteiger partial charge in [0.2, 0.25) is 0 Å². The van der Waals surface area contributed by atoms with Crippen LogP contribution < -0.4 is 15.8 Å². The summed E-state index contributed by atoms with van der Waals surface area (Å²) in [4.78, 5) is 33.6. The molecule has 1 aromatic carbocycles. The first-order chi connectivity index (χ1) is 19.8. The molecule has 0 unspecified atom stereocenters. The van der Waals surface area contributed by atoms with Gasteiger partial charge in [-0.2, -0.15) is 13.2 Å². The fraction of sp³-hybridized carbons (Fsp3) is 0.515. The lowest BCUT2D eigenvalue weighted by molar-refractivity contribution is -0.0939. The number of anilines is 1. The second-order valence-electron chi connectivity index (χ2n) is 11.9. The van der Waals surface area contributed by atoms with E-state index in [1.165, 1.54) is 6.08 Å². The van der Waals surface area contributed by atoms with Crippen LogP contribution >= 0.6 is 0 Å². The Morgan fingerprint density at radius 1 is 1.00 bits per heavy atom. The maximum absolute atomic E-state index is 13.7. The SMILES string of the molecule is CCN(c1cc(C2=CC=C(C(F)(F)F)CC2)cc(C(=O)NCc2c(C)cc(C)[nH]c2=O)c1C)C1CCC(N(C)C)CC1. The summed E-state index contributed by atoms with van der Waals surface area (Å²) in [6.45, 7) is 8.52. The molecule has 6 nitrogen and oxygen atoms in total. The second-order valence-corrected chi connectivity index (χ2v) is 11.9. The summed E-state index contributed by atoms with van der Waals surface area (Å²) in [5.41, 5.74) is 5.03. The number of aromatic nitrogens is 1. The average molecular weight is 585 g/mol. The number of benzene rings is 1. The standard InChI is InChI=1S/C33H43F3N4O2/c1-7-40(27-14-12-26(13-15-27)39(5)6)30-18-24(23-8-10-25(11-9-23)33(34,35)36)17-28(22(30)4)31(41)37-19-29-20(2)16-21(3)38-32(29)42/h8,10,16-18,26-27H,7,9,11-15,19H2,1-6H3,(H,37,41)(H,38,42). The number of aromatic amines is 1. The lowest BCUT2D eigenvalue weighted by atomic mass is 9.87. The van der Waals surface area contributed by atoms with Gasteiger partial charge in [0.25, 0.3) is 11.5 Å².